The summed E-state index contributed by atoms with van der Waals surface area (Å²) in [4.78, 5) is 70.0. The molecule has 32 heteroatoms. The molecule has 0 spiro atoms. The number of morpholine rings is 4. The van der Waals surface area contributed by atoms with E-state index in [1.165, 1.54) is 85.9 Å². The first-order valence-corrected chi connectivity index (χ1v) is 46.7. The second kappa shape index (κ2) is 36.8. The highest BCUT2D eigenvalue weighted by atomic mass is 19.1. The molecule has 28 nitrogen and oxygen atoms in total. The van der Waals surface area contributed by atoms with E-state index in [9.17, 15) is 17.6 Å². The van der Waals surface area contributed by atoms with Crippen LogP contribution in [0.1, 0.15) is 56.3 Å². The predicted molar refractivity (Wildman–Crippen MR) is 521 cm³/mol. The minimum atomic E-state index is -0.201. The Balaban J connectivity index is 0.0000000953. The van der Waals surface area contributed by atoms with Crippen molar-refractivity contribution in [2.24, 2.45) is 0 Å². The van der Waals surface area contributed by atoms with E-state index in [-0.39, 0.29) is 23.3 Å². The minimum absolute atomic E-state index is 0.192. The van der Waals surface area contributed by atoms with E-state index in [0.29, 0.717) is 44.0 Å². The fourth-order valence-corrected chi connectivity index (χ4v) is 20.3. The molecule has 0 saturated carbocycles. The highest BCUT2D eigenvalue weighted by molar-refractivity contribution is 5.91. The van der Waals surface area contributed by atoms with E-state index in [0.717, 1.165) is 299 Å². The Morgan fingerprint density at radius 3 is 1.41 bits per heavy atom. The van der Waals surface area contributed by atoms with Crippen molar-refractivity contribution in [3.8, 4) is 0 Å². The summed E-state index contributed by atoms with van der Waals surface area (Å²) in [5, 5.41) is 9.18. The first kappa shape index (κ1) is 84.8. The number of aromatic nitrogens is 12. The molecule has 0 unspecified atom stereocenters. The fraction of sp³-hybridized carbons (Fsp3) is 0.311. The summed E-state index contributed by atoms with van der Waals surface area (Å²) in [5.41, 5.74) is 25.6. The molecule has 7 aromatic carbocycles. The van der Waals surface area contributed by atoms with E-state index in [1.807, 2.05) is 67.1 Å². The number of benzene rings is 7. The summed E-state index contributed by atoms with van der Waals surface area (Å²) in [6, 6.07) is 54.7. The number of hydrogen-bond acceptors (Lipinski definition) is 23. The van der Waals surface area contributed by atoms with Crippen molar-refractivity contribution >= 4 is 146 Å². The summed E-state index contributed by atoms with van der Waals surface area (Å²) in [7, 11) is 1.79. The number of nitrogens with zero attached hydrogens (tertiary/aromatic N) is 16. The number of ether oxygens (including phenoxy) is 4. The van der Waals surface area contributed by atoms with Crippen LogP contribution < -0.4 is 49.4 Å². The van der Waals surface area contributed by atoms with Crippen molar-refractivity contribution in [2.75, 3.05) is 194 Å². The first-order valence-electron chi connectivity index (χ1n) is 46.7. The van der Waals surface area contributed by atoms with Gasteiger partial charge >= 0.3 is 0 Å². The van der Waals surface area contributed by atoms with Gasteiger partial charge in [-0.25, -0.2) is 37.5 Å². The van der Waals surface area contributed by atoms with Gasteiger partial charge in [-0.1, -0.05) is 30.3 Å². The number of H-pyrrole nitrogens is 5. The van der Waals surface area contributed by atoms with Gasteiger partial charge in [-0.2, -0.15) is 15.0 Å². The molecule has 135 heavy (non-hydrogen) atoms. The molecule has 9 aliphatic rings. The summed E-state index contributed by atoms with van der Waals surface area (Å²) >= 11 is 0. The fourth-order valence-electron chi connectivity index (χ4n) is 20.3. The van der Waals surface area contributed by atoms with Crippen LogP contribution in [0.15, 0.2) is 197 Å². The molecular formula is C103H102F4N22O6. The highest BCUT2D eigenvalue weighted by Gasteiger charge is 2.31. The minimum Gasteiger partial charge on any atom is -0.423 e. The second-order valence-electron chi connectivity index (χ2n) is 35.5. The van der Waals surface area contributed by atoms with Crippen LogP contribution in [0, 0.1) is 23.3 Å². The van der Waals surface area contributed by atoms with Crippen LogP contribution in [-0.4, -0.2) is 205 Å². The number of fused-ring (bicyclic) bond motifs is 18. The van der Waals surface area contributed by atoms with Crippen LogP contribution in [0.2, 0.25) is 0 Å². The van der Waals surface area contributed by atoms with Crippen LogP contribution in [-0.2, 0) is 83.8 Å². The zero-order valence-electron chi connectivity index (χ0n) is 74.9. The molecule has 18 aromatic rings. The molecule has 11 aromatic heterocycles. The van der Waals surface area contributed by atoms with Gasteiger partial charge in [0.25, 0.3) is 12.0 Å². The van der Waals surface area contributed by atoms with E-state index >= 15 is 0 Å². The average molecular weight is 1820 g/mol. The van der Waals surface area contributed by atoms with Crippen LogP contribution >= 0.6 is 0 Å². The number of rotatable bonds is 10. The molecule has 4 fully saturated rings. The van der Waals surface area contributed by atoms with Crippen LogP contribution in [0.25, 0.3) is 87.7 Å². The van der Waals surface area contributed by atoms with Gasteiger partial charge in [0.1, 0.15) is 51.8 Å². The smallest absolute Gasteiger partial charge is 0.298 e. The lowest BCUT2D eigenvalue weighted by Crippen LogP contribution is -2.38. The van der Waals surface area contributed by atoms with Gasteiger partial charge in [-0.15, -0.1) is 0 Å². The first-order chi connectivity index (χ1) is 66.4. The summed E-state index contributed by atoms with van der Waals surface area (Å²) in [6.45, 7) is 21.1. The second-order valence-corrected chi connectivity index (χ2v) is 35.5. The average Bonchev–Trinajstić information content (AvgIpc) is 1.65. The Kier molecular flexibility index (Phi) is 23.1. The van der Waals surface area contributed by atoms with Gasteiger partial charge < -0.3 is 102 Å². The quantitative estimate of drug-likeness (QED) is 0.0694. The van der Waals surface area contributed by atoms with Crippen LogP contribution in [0.5, 0.6) is 0 Å². The van der Waals surface area contributed by atoms with Crippen molar-refractivity contribution in [3.63, 3.8) is 0 Å². The molecular weight excluding hydrogens is 1720 g/mol. The summed E-state index contributed by atoms with van der Waals surface area (Å²) < 4.78 is 88.6. The highest BCUT2D eigenvalue weighted by Crippen LogP contribution is 2.40. The Morgan fingerprint density at radius 2 is 0.807 bits per heavy atom. The molecule has 0 bridgehead atoms. The standard InChI is InChI=1S/C23H22FN5O.C22H21FN4O2.C20H22N4O.C19H20FN5O.C19H17FN4O/c24-16-2-3-20-18(12-16)19-14-29(6-5-21(19)26-20)17-11-15-1-4-22(27-23(15)25-13-17)28-7-9-30-10-8-28;23-17-3-1-2-15-16-13-27(7-6-18(16)24-21(15)17)14-4-5-20-19(12-14)25-22(29-20)26-8-10-28-11-9-26;1-2-4-18-16(3-1)17-14-24(8-7-19(17)22-18)15-5-6-20(21-13-15)23-9-11-25-12-10-23;20-13-1-2-16-14(11-13)15-12-25(6-4-17(15)22-16)18-3-5-21-19(23-18)24-7-9-26-10-8-24;1-21-19-23-17-5-3-12(9-18(17)25-19)24-7-6-16-14(10-24)13-8-11(20)2-4-15(13)22-16/h1-4,11-13,26H,5-10,14H2;1-5,12,24H,6-11,13H2;1-6,13,22H,7-12,14H2;1-3,5,11,22H,4,6-10,12H2;2-5,8-9,22H,6-7,10H2,1H3,(H,21,23). The molecule has 0 atom stereocenters. The lowest BCUT2D eigenvalue weighted by Gasteiger charge is -2.30. The predicted octanol–water partition coefficient (Wildman–Crippen LogP) is 17.0. The number of para-hydroxylation sites is 2. The molecule has 9 aliphatic heterocycles. The maximum absolute atomic E-state index is 14.1. The van der Waals surface area contributed by atoms with Crippen molar-refractivity contribution in [3.05, 3.63) is 268 Å². The lowest BCUT2D eigenvalue weighted by molar-refractivity contribution is 0.120. The number of halogens is 4. The van der Waals surface area contributed by atoms with Crippen molar-refractivity contribution < 1.29 is 45.3 Å². The van der Waals surface area contributed by atoms with Gasteiger partial charge in [0, 0.05) is 291 Å². The van der Waals surface area contributed by atoms with Crippen LogP contribution in [0.4, 0.5) is 75.7 Å². The zero-order valence-corrected chi connectivity index (χ0v) is 74.9. The monoisotopic (exact) mass is 1820 g/mol. The SMILES string of the molecule is CNc1nc2ccc(N3CCc4[nH]c5ccc(F)cc5c4C3)cc2o1.Fc1ccc2[nH]c3c(c2c1)CN(c1ccnc(N2CCOCC2)n1)CC3.Fc1ccc2[nH]c3c(c2c1)CN(c1cnc2nc(N4CCOCC4)ccc2c1)CC3.Fc1cccc2c3c([nH]c12)CCN(c1ccc2oc(N4CCOCC4)nc2c1)C3.c1ccc2c3c([nH]c2c1)CCN(c1ccc(N2CCOCC2)nc1)C3. The van der Waals surface area contributed by atoms with E-state index < -0.39 is 0 Å². The van der Waals surface area contributed by atoms with E-state index in [4.69, 9.17) is 47.7 Å². The summed E-state index contributed by atoms with van der Waals surface area (Å²) in [6.07, 6.45) is 10.3. The molecule has 0 amide bonds. The van der Waals surface area contributed by atoms with Gasteiger partial charge in [-0.05, 0) is 133 Å². The normalized spacial score (nSPS) is 16.8. The Hall–Kier alpha value is -14.5. The van der Waals surface area contributed by atoms with Gasteiger partial charge in [-0.3, -0.25) is 0 Å². The molecule has 6 N–H and O–H groups in total. The van der Waals surface area contributed by atoms with Crippen molar-refractivity contribution in [1.82, 2.24) is 59.8 Å². The zero-order chi connectivity index (χ0) is 90.6. The number of anilines is 10. The molecule has 4 saturated heterocycles. The number of oxazole rings is 2. The number of hydrogen-bond donors (Lipinski definition) is 6. The largest absolute Gasteiger partial charge is 0.423 e. The lowest BCUT2D eigenvalue weighted by atomic mass is 10.0. The molecule has 20 heterocycles. The molecule has 0 radical (unpaired) electrons. The Bertz CT molecular complexity index is 7390. The Labute approximate surface area is 774 Å². The Morgan fingerprint density at radius 1 is 0.326 bits per heavy atom. The number of pyridine rings is 3. The maximum Gasteiger partial charge on any atom is 0.298 e. The molecule has 27 rings (SSSR count). The van der Waals surface area contributed by atoms with Gasteiger partial charge in [0.05, 0.1) is 82.1 Å². The number of aromatic amines is 5. The third-order valence-electron chi connectivity index (χ3n) is 27.5. The number of nitrogens with one attached hydrogen (secondary N) is 6. The topological polar surface area (TPSA) is 274 Å². The van der Waals surface area contributed by atoms with E-state index in [2.05, 4.69) is 162 Å². The third-order valence-corrected chi connectivity index (χ3v) is 27.5. The van der Waals surface area contributed by atoms with Crippen molar-refractivity contribution in [1.29, 1.82) is 0 Å². The maximum atomic E-state index is 14.1. The molecule has 688 valence electrons. The van der Waals surface area contributed by atoms with Gasteiger partial charge in [0.2, 0.25) is 5.95 Å². The van der Waals surface area contributed by atoms with Crippen LogP contribution in [0.3, 0.4) is 0 Å². The van der Waals surface area contributed by atoms with Gasteiger partial charge in [0.15, 0.2) is 16.8 Å². The third kappa shape index (κ3) is 17.3. The van der Waals surface area contributed by atoms with E-state index in [1.54, 1.807) is 31.3 Å². The van der Waals surface area contributed by atoms with Crippen molar-refractivity contribution in [2.45, 2.75) is 64.8 Å². The summed E-state index contributed by atoms with van der Waals surface area (Å²) in [5.74, 6) is 2.88. The molecule has 0 aliphatic carbocycles.